The number of hydrogen-bond donors (Lipinski definition) is 4. The second kappa shape index (κ2) is 13.9. The Kier molecular flexibility index (Phi) is 10.7. The van der Waals surface area contributed by atoms with Crippen LogP contribution in [-0.2, 0) is 13.1 Å². The van der Waals surface area contributed by atoms with E-state index in [-0.39, 0.29) is 7.43 Å². The van der Waals surface area contributed by atoms with E-state index in [0.717, 1.165) is 41.1 Å². The number of pyridine rings is 1. The zero-order valence-corrected chi connectivity index (χ0v) is 23.2. The fourth-order valence-corrected chi connectivity index (χ4v) is 4.45. The van der Waals surface area contributed by atoms with E-state index in [1.165, 1.54) is 11.1 Å². The van der Waals surface area contributed by atoms with Crippen molar-refractivity contribution in [3.63, 3.8) is 0 Å². The highest BCUT2D eigenvalue weighted by Crippen LogP contribution is 2.39. The minimum absolute atomic E-state index is 0. The molecule has 4 N–H and O–H groups in total. The average Bonchev–Trinajstić information content (AvgIpc) is 2.91. The molecule has 6 nitrogen and oxygen atoms in total. The first-order valence-electron chi connectivity index (χ1n) is 13.1. The van der Waals surface area contributed by atoms with Crippen molar-refractivity contribution < 1.29 is 5.11 Å². The Bertz CT molecular complexity index is 1300. The van der Waals surface area contributed by atoms with Crippen molar-refractivity contribution in [1.29, 1.82) is 0 Å². The third-order valence-electron chi connectivity index (χ3n) is 6.08. The Morgan fingerprint density at radius 1 is 0.872 bits per heavy atom. The first kappa shape index (κ1) is 29.9. The SMILES string of the molecule is C.CCCNC(=S)Nc1c(N(Cc2ccccc2)Cc2ccccc2)nc2ccccc2c1NCC(C)(C)O. The number of thiocarbonyl (C=S) groups is 1. The molecular weight excluding hydrogens is 502 g/mol. The predicted octanol–water partition coefficient (Wildman–Crippen LogP) is 6.96. The molecular formula is C32H41N5OS. The van der Waals surface area contributed by atoms with E-state index in [0.29, 0.717) is 24.7 Å². The van der Waals surface area contributed by atoms with Crippen LogP contribution in [0.2, 0.25) is 0 Å². The van der Waals surface area contributed by atoms with Crippen molar-refractivity contribution >= 4 is 45.4 Å². The highest BCUT2D eigenvalue weighted by Gasteiger charge is 2.23. The summed E-state index contributed by atoms with van der Waals surface area (Å²) in [5, 5.41) is 22.3. The third kappa shape index (κ3) is 8.40. The van der Waals surface area contributed by atoms with Crippen molar-refractivity contribution in [1.82, 2.24) is 10.3 Å². The topological polar surface area (TPSA) is 72.5 Å². The standard InChI is InChI=1S/C31H37N5OS.CH4/c1-4-19-32-30(38)35-28-27(33-22-31(2,3)37)25-17-11-12-18-26(25)34-29(28)36(20-23-13-7-5-8-14-23)21-24-15-9-6-10-16-24;/h5-18,37H,4,19-22H2,1-3H3,(H,33,34)(H2,32,35,38);1H4. The predicted molar refractivity (Wildman–Crippen MR) is 171 cm³/mol. The van der Waals surface area contributed by atoms with Gasteiger partial charge in [0.2, 0.25) is 0 Å². The van der Waals surface area contributed by atoms with Crippen LogP contribution in [0.15, 0.2) is 84.9 Å². The molecule has 0 spiro atoms. The maximum atomic E-state index is 10.6. The molecule has 1 heterocycles. The van der Waals surface area contributed by atoms with E-state index < -0.39 is 5.60 Å². The van der Waals surface area contributed by atoms with E-state index in [4.69, 9.17) is 17.2 Å². The second-order valence-corrected chi connectivity index (χ2v) is 10.5. The number of nitrogens with zero attached hydrogens (tertiary/aromatic N) is 2. The number of nitrogens with one attached hydrogen (secondary N) is 3. The van der Waals surface area contributed by atoms with Gasteiger partial charge in [0, 0.05) is 31.6 Å². The molecule has 7 heteroatoms. The fraction of sp³-hybridized carbons (Fsp3) is 0.312. The zero-order valence-electron chi connectivity index (χ0n) is 22.4. The van der Waals surface area contributed by atoms with Crippen LogP contribution < -0.4 is 20.9 Å². The van der Waals surface area contributed by atoms with E-state index in [1.807, 2.05) is 36.4 Å². The average molecular weight is 544 g/mol. The molecule has 4 rings (SSSR count). The molecule has 0 radical (unpaired) electrons. The lowest BCUT2D eigenvalue weighted by Crippen LogP contribution is -2.33. The number of para-hydroxylation sites is 1. The summed E-state index contributed by atoms with van der Waals surface area (Å²) in [4.78, 5) is 7.45. The summed E-state index contributed by atoms with van der Waals surface area (Å²) < 4.78 is 0. The lowest BCUT2D eigenvalue weighted by atomic mass is 10.1. The van der Waals surface area contributed by atoms with Crippen LogP contribution in [0.5, 0.6) is 0 Å². The quantitative estimate of drug-likeness (QED) is 0.152. The number of anilines is 3. The van der Waals surface area contributed by atoms with Gasteiger partial charge in [-0.1, -0.05) is 93.2 Å². The summed E-state index contributed by atoms with van der Waals surface area (Å²) in [5.41, 5.74) is 3.97. The van der Waals surface area contributed by atoms with Crippen LogP contribution in [0, 0.1) is 0 Å². The number of aromatic nitrogens is 1. The van der Waals surface area contributed by atoms with Crippen LogP contribution in [0.1, 0.15) is 45.7 Å². The van der Waals surface area contributed by atoms with Crippen LogP contribution in [0.3, 0.4) is 0 Å². The molecule has 3 aromatic carbocycles. The minimum atomic E-state index is -0.906. The van der Waals surface area contributed by atoms with Crippen molar-refractivity contribution in [2.45, 2.75) is 53.3 Å². The van der Waals surface area contributed by atoms with Gasteiger partial charge in [-0.3, -0.25) is 0 Å². The van der Waals surface area contributed by atoms with Crippen LogP contribution >= 0.6 is 12.2 Å². The van der Waals surface area contributed by atoms with Gasteiger partial charge in [0.1, 0.15) is 5.69 Å². The molecule has 0 aliphatic heterocycles. The Labute approximate surface area is 238 Å². The smallest absolute Gasteiger partial charge is 0.170 e. The molecule has 0 aliphatic carbocycles. The minimum Gasteiger partial charge on any atom is -0.389 e. The van der Waals surface area contributed by atoms with Gasteiger partial charge in [-0.25, -0.2) is 4.98 Å². The summed E-state index contributed by atoms with van der Waals surface area (Å²) in [7, 11) is 0. The number of benzene rings is 3. The highest BCUT2D eigenvalue weighted by molar-refractivity contribution is 7.80. The molecule has 0 unspecified atom stereocenters. The van der Waals surface area contributed by atoms with E-state index in [9.17, 15) is 5.11 Å². The fourth-order valence-electron chi connectivity index (χ4n) is 4.24. The molecule has 0 bridgehead atoms. The summed E-state index contributed by atoms with van der Waals surface area (Å²) in [5.74, 6) is 0.787. The Morgan fingerprint density at radius 3 is 2.00 bits per heavy atom. The molecule has 39 heavy (non-hydrogen) atoms. The first-order chi connectivity index (χ1) is 18.3. The number of hydrogen-bond acceptors (Lipinski definition) is 5. The van der Waals surface area contributed by atoms with Gasteiger partial charge in [-0.05, 0) is 49.7 Å². The van der Waals surface area contributed by atoms with Gasteiger partial charge in [-0.15, -0.1) is 0 Å². The maximum Gasteiger partial charge on any atom is 0.170 e. The van der Waals surface area contributed by atoms with E-state index in [2.05, 4.69) is 76.3 Å². The van der Waals surface area contributed by atoms with E-state index in [1.54, 1.807) is 13.8 Å². The molecule has 0 saturated carbocycles. The summed E-state index contributed by atoms with van der Waals surface area (Å²) in [6.45, 7) is 8.15. The normalized spacial score (nSPS) is 11.0. The largest absolute Gasteiger partial charge is 0.389 e. The summed E-state index contributed by atoms with van der Waals surface area (Å²) in [6.07, 6.45) is 0.961. The van der Waals surface area contributed by atoms with Gasteiger partial charge < -0.3 is 26.0 Å². The number of fused-ring (bicyclic) bond motifs is 1. The molecule has 4 aromatic rings. The van der Waals surface area contributed by atoms with Crippen molar-refractivity contribution in [3.8, 4) is 0 Å². The van der Waals surface area contributed by atoms with Gasteiger partial charge in [0.05, 0.1) is 16.8 Å². The zero-order chi connectivity index (χ0) is 27.0. The Balaban J connectivity index is 0.00000420. The molecule has 0 aliphatic rings. The first-order valence-corrected chi connectivity index (χ1v) is 13.5. The van der Waals surface area contributed by atoms with E-state index >= 15 is 0 Å². The second-order valence-electron chi connectivity index (χ2n) is 10.1. The van der Waals surface area contributed by atoms with Crippen LogP contribution in [-0.4, -0.2) is 33.9 Å². The van der Waals surface area contributed by atoms with Crippen molar-refractivity contribution in [2.24, 2.45) is 0 Å². The number of aliphatic hydroxyl groups is 1. The van der Waals surface area contributed by atoms with Gasteiger partial charge in [0.15, 0.2) is 10.9 Å². The summed E-state index contributed by atoms with van der Waals surface area (Å²) >= 11 is 5.70. The molecule has 0 saturated heterocycles. The third-order valence-corrected chi connectivity index (χ3v) is 6.32. The maximum absolute atomic E-state index is 10.6. The Morgan fingerprint density at radius 2 is 1.44 bits per heavy atom. The molecule has 206 valence electrons. The lowest BCUT2D eigenvalue weighted by Gasteiger charge is -2.30. The molecule has 1 aromatic heterocycles. The van der Waals surface area contributed by atoms with Gasteiger partial charge in [0.25, 0.3) is 0 Å². The lowest BCUT2D eigenvalue weighted by molar-refractivity contribution is 0.0946. The molecule has 0 atom stereocenters. The highest BCUT2D eigenvalue weighted by atomic mass is 32.1. The van der Waals surface area contributed by atoms with Crippen LogP contribution in [0.25, 0.3) is 10.9 Å². The molecule has 0 amide bonds. The number of rotatable bonds is 11. The van der Waals surface area contributed by atoms with Gasteiger partial charge >= 0.3 is 0 Å². The van der Waals surface area contributed by atoms with Crippen molar-refractivity contribution in [3.05, 3.63) is 96.1 Å². The Hall–Kier alpha value is -3.68. The monoisotopic (exact) mass is 543 g/mol. The van der Waals surface area contributed by atoms with Crippen molar-refractivity contribution in [2.75, 3.05) is 28.6 Å². The van der Waals surface area contributed by atoms with Gasteiger partial charge in [-0.2, -0.15) is 0 Å². The summed E-state index contributed by atoms with van der Waals surface area (Å²) in [6, 6.07) is 28.9. The molecule has 0 fully saturated rings. The van der Waals surface area contributed by atoms with Crippen LogP contribution in [0.4, 0.5) is 17.2 Å².